The quantitative estimate of drug-likeness (QED) is 0.892. The van der Waals surface area contributed by atoms with Crippen molar-refractivity contribution in [2.45, 2.75) is 31.8 Å². The van der Waals surface area contributed by atoms with Crippen LogP contribution in [0.5, 0.6) is 0 Å². The molecule has 1 aliphatic rings. The van der Waals surface area contributed by atoms with Gasteiger partial charge in [0, 0.05) is 29.3 Å². The minimum Gasteiger partial charge on any atom is -0.334 e. The average molecular weight is 363 g/mol. The molecule has 5 nitrogen and oxygen atoms in total. The van der Waals surface area contributed by atoms with Crippen LogP contribution in [0.4, 0.5) is 0 Å². The van der Waals surface area contributed by atoms with Gasteiger partial charge in [0.1, 0.15) is 0 Å². The zero-order valence-electron chi connectivity index (χ0n) is 12.4. The molecule has 6 heteroatoms. The summed E-state index contributed by atoms with van der Waals surface area (Å²) in [4.78, 5) is 14.5. The summed E-state index contributed by atoms with van der Waals surface area (Å²) < 4.78 is 2.70. The summed E-state index contributed by atoms with van der Waals surface area (Å²) in [6, 6.07) is 9.93. The minimum atomic E-state index is -0.0202. The number of nitrogens with zero attached hydrogens (tertiary/aromatic N) is 3. The van der Waals surface area contributed by atoms with Crippen LogP contribution in [0.3, 0.4) is 0 Å². The molecule has 1 aromatic heterocycles. The van der Waals surface area contributed by atoms with E-state index < -0.39 is 0 Å². The smallest absolute Gasteiger partial charge is 0.274 e. The van der Waals surface area contributed by atoms with Crippen LogP contribution in [-0.2, 0) is 0 Å². The highest BCUT2D eigenvalue weighted by molar-refractivity contribution is 9.10. The second kappa shape index (κ2) is 6.22. The van der Waals surface area contributed by atoms with Gasteiger partial charge in [-0.05, 0) is 44.0 Å². The average Bonchev–Trinajstić information content (AvgIpc) is 2.96. The molecule has 3 rings (SSSR count). The first-order chi connectivity index (χ1) is 10.5. The Balaban J connectivity index is 1.80. The maximum atomic E-state index is 12.6. The summed E-state index contributed by atoms with van der Waals surface area (Å²) in [5, 5.41) is 4.42. The first-order valence-corrected chi connectivity index (χ1v) is 8.22. The van der Waals surface area contributed by atoms with E-state index in [0.29, 0.717) is 12.2 Å². The van der Waals surface area contributed by atoms with Gasteiger partial charge in [0.05, 0.1) is 5.69 Å². The molecule has 22 heavy (non-hydrogen) atoms. The molecular formula is C16H19BrN4O. The number of carbonyl (C=O) groups is 1. The van der Waals surface area contributed by atoms with Gasteiger partial charge in [-0.15, -0.1) is 0 Å². The molecule has 0 saturated carbocycles. The molecule has 1 amide bonds. The van der Waals surface area contributed by atoms with Crippen molar-refractivity contribution in [3.05, 3.63) is 46.7 Å². The zero-order valence-corrected chi connectivity index (χ0v) is 14.0. The van der Waals surface area contributed by atoms with Crippen LogP contribution in [0.1, 0.15) is 30.3 Å². The van der Waals surface area contributed by atoms with Gasteiger partial charge in [-0.25, -0.2) is 4.68 Å². The Morgan fingerprint density at radius 3 is 2.95 bits per heavy atom. The highest BCUT2D eigenvalue weighted by Crippen LogP contribution is 2.19. The van der Waals surface area contributed by atoms with E-state index in [-0.39, 0.29) is 18.0 Å². The molecule has 0 spiro atoms. The Labute approximate surface area is 138 Å². The molecule has 0 radical (unpaired) electrons. The molecule has 2 atom stereocenters. The van der Waals surface area contributed by atoms with E-state index in [1.807, 2.05) is 42.3 Å². The standard InChI is InChI=1S/C16H19BrN4O/c1-11-9-13(18)5-7-20(11)16(22)15-6-8-21(19-15)14-4-2-3-12(17)10-14/h2-4,6,8,10-11,13H,5,7,9,18H2,1H3/t11-,13-/m0/s1. The van der Waals surface area contributed by atoms with E-state index in [0.717, 1.165) is 23.0 Å². The normalized spacial score (nSPS) is 21.9. The number of aromatic nitrogens is 2. The first kappa shape index (κ1) is 15.2. The molecule has 2 N–H and O–H groups in total. The fourth-order valence-corrected chi connectivity index (χ4v) is 3.24. The van der Waals surface area contributed by atoms with E-state index in [2.05, 4.69) is 21.0 Å². The van der Waals surface area contributed by atoms with Crippen molar-refractivity contribution in [1.82, 2.24) is 14.7 Å². The van der Waals surface area contributed by atoms with Crippen LogP contribution >= 0.6 is 15.9 Å². The van der Waals surface area contributed by atoms with Crippen LogP contribution in [0.25, 0.3) is 5.69 Å². The largest absolute Gasteiger partial charge is 0.334 e. The number of halogens is 1. The first-order valence-electron chi connectivity index (χ1n) is 7.43. The van der Waals surface area contributed by atoms with Gasteiger partial charge >= 0.3 is 0 Å². The minimum absolute atomic E-state index is 0.0202. The molecule has 0 aliphatic carbocycles. The molecule has 0 unspecified atom stereocenters. The molecule has 2 aromatic rings. The number of nitrogens with two attached hydrogens (primary N) is 1. The lowest BCUT2D eigenvalue weighted by molar-refractivity contribution is 0.0612. The highest BCUT2D eigenvalue weighted by Gasteiger charge is 2.28. The Morgan fingerprint density at radius 1 is 1.41 bits per heavy atom. The summed E-state index contributed by atoms with van der Waals surface area (Å²) >= 11 is 3.44. The predicted octanol–water partition coefficient (Wildman–Crippen LogP) is 2.59. The maximum absolute atomic E-state index is 12.6. The van der Waals surface area contributed by atoms with Gasteiger partial charge in [0.25, 0.3) is 5.91 Å². The number of hydrogen-bond donors (Lipinski definition) is 1. The van der Waals surface area contributed by atoms with Crippen LogP contribution < -0.4 is 5.73 Å². The third kappa shape index (κ3) is 3.08. The van der Waals surface area contributed by atoms with Gasteiger partial charge in [0.15, 0.2) is 5.69 Å². The topological polar surface area (TPSA) is 64.2 Å². The Hall–Kier alpha value is -1.66. The predicted molar refractivity (Wildman–Crippen MR) is 89.0 cm³/mol. The second-order valence-electron chi connectivity index (χ2n) is 5.76. The number of amides is 1. The van der Waals surface area contributed by atoms with Crippen molar-refractivity contribution in [2.75, 3.05) is 6.54 Å². The Morgan fingerprint density at radius 2 is 2.23 bits per heavy atom. The molecular weight excluding hydrogens is 344 g/mol. The highest BCUT2D eigenvalue weighted by atomic mass is 79.9. The Bertz CT molecular complexity index is 684. The van der Waals surface area contributed by atoms with Crippen LogP contribution in [0.2, 0.25) is 0 Å². The van der Waals surface area contributed by atoms with Gasteiger partial charge in [0.2, 0.25) is 0 Å². The number of likely N-dealkylation sites (tertiary alicyclic amines) is 1. The van der Waals surface area contributed by atoms with Crippen LogP contribution in [-0.4, -0.2) is 39.2 Å². The third-order valence-corrected chi connectivity index (χ3v) is 4.55. The molecule has 116 valence electrons. The maximum Gasteiger partial charge on any atom is 0.274 e. The van der Waals surface area contributed by atoms with Crippen molar-refractivity contribution in [2.24, 2.45) is 5.73 Å². The van der Waals surface area contributed by atoms with Crippen LogP contribution in [0.15, 0.2) is 41.0 Å². The molecule has 1 aromatic carbocycles. The monoisotopic (exact) mass is 362 g/mol. The summed E-state index contributed by atoms with van der Waals surface area (Å²) in [6.07, 6.45) is 3.51. The fraction of sp³-hybridized carbons (Fsp3) is 0.375. The molecule has 2 heterocycles. The molecule has 1 aliphatic heterocycles. The number of benzene rings is 1. The van der Waals surface area contributed by atoms with E-state index in [1.165, 1.54) is 0 Å². The Kier molecular flexibility index (Phi) is 4.31. The lowest BCUT2D eigenvalue weighted by Gasteiger charge is -2.35. The number of piperidine rings is 1. The van der Waals surface area contributed by atoms with Crippen LogP contribution in [0, 0.1) is 0 Å². The summed E-state index contributed by atoms with van der Waals surface area (Å²) in [5.74, 6) is -0.0202. The summed E-state index contributed by atoms with van der Waals surface area (Å²) in [5.41, 5.74) is 7.35. The van der Waals surface area contributed by atoms with Crippen molar-refractivity contribution in [3.63, 3.8) is 0 Å². The summed E-state index contributed by atoms with van der Waals surface area (Å²) in [7, 11) is 0. The molecule has 1 fully saturated rings. The lowest BCUT2D eigenvalue weighted by Crippen LogP contribution is -2.48. The number of hydrogen-bond acceptors (Lipinski definition) is 3. The van der Waals surface area contributed by atoms with E-state index >= 15 is 0 Å². The third-order valence-electron chi connectivity index (χ3n) is 4.06. The van der Waals surface area contributed by atoms with E-state index in [1.54, 1.807) is 10.7 Å². The zero-order chi connectivity index (χ0) is 15.7. The van der Waals surface area contributed by atoms with E-state index in [9.17, 15) is 4.79 Å². The molecule has 0 bridgehead atoms. The van der Waals surface area contributed by atoms with Gasteiger partial charge in [-0.3, -0.25) is 4.79 Å². The molecule has 1 saturated heterocycles. The van der Waals surface area contributed by atoms with Crippen molar-refractivity contribution in [3.8, 4) is 5.69 Å². The second-order valence-corrected chi connectivity index (χ2v) is 6.67. The van der Waals surface area contributed by atoms with Gasteiger partial charge in [-0.1, -0.05) is 22.0 Å². The van der Waals surface area contributed by atoms with Gasteiger partial charge in [-0.2, -0.15) is 5.10 Å². The van der Waals surface area contributed by atoms with E-state index in [4.69, 9.17) is 5.73 Å². The summed E-state index contributed by atoms with van der Waals surface area (Å²) in [6.45, 7) is 2.74. The SMILES string of the molecule is C[C@H]1C[C@@H](N)CCN1C(=O)c1ccn(-c2cccc(Br)c2)n1. The van der Waals surface area contributed by atoms with Crippen molar-refractivity contribution in [1.29, 1.82) is 0 Å². The van der Waals surface area contributed by atoms with Crippen molar-refractivity contribution >= 4 is 21.8 Å². The number of rotatable bonds is 2. The fourth-order valence-electron chi connectivity index (χ4n) is 2.86. The van der Waals surface area contributed by atoms with Gasteiger partial charge < -0.3 is 10.6 Å². The van der Waals surface area contributed by atoms with Crippen molar-refractivity contribution < 1.29 is 4.79 Å². The lowest BCUT2D eigenvalue weighted by atomic mass is 9.99. The number of carbonyl (C=O) groups excluding carboxylic acids is 1.